The van der Waals surface area contributed by atoms with Gasteiger partial charge in [-0.2, -0.15) is 5.26 Å². The summed E-state index contributed by atoms with van der Waals surface area (Å²) in [5, 5.41) is 21.9. The van der Waals surface area contributed by atoms with Crippen LogP contribution < -0.4 is 11.1 Å². The van der Waals surface area contributed by atoms with E-state index in [1.807, 2.05) is 29.8 Å². The Balaban J connectivity index is 1.65. The second-order valence-electron chi connectivity index (χ2n) is 7.49. The first-order valence-corrected chi connectivity index (χ1v) is 9.88. The van der Waals surface area contributed by atoms with Crippen molar-refractivity contribution in [2.45, 2.75) is 31.3 Å². The lowest BCUT2D eigenvalue weighted by atomic mass is 9.96. The summed E-state index contributed by atoms with van der Waals surface area (Å²) in [6.07, 6.45) is 6.17. The van der Waals surface area contributed by atoms with Gasteiger partial charge in [-0.1, -0.05) is 18.2 Å². The van der Waals surface area contributed by atoms with Gasteiger partial charge < -0.3 is 15.4 Å². The van der Waals surface area contributed by atoms with Gasteiger partial charge in [0.05, 0.1) is 23.8 Å². The number of halogens is 1. The van der Waals surface area contributed by atoms with Crippen molar-refractivity contribution in [2.24, 2.45) is 12.8 Å². The summed E-state index contributed by atoms with van der Waals surface area (Å²) < 4.78 is 15.7. The van der Waals surface area contributed by atoms with Crippen LogP contribution in [0.25, 0.3) is 0 Å². The highest BCUT2D eigenvalue weighted by Gasteiger charge is 2.29. The fraction of sp³-hybridized carbons (Fsp3) is 0.304. The van der Waals surface area contributed by atoms with E-state index in [2.05, 4.69) is 10.3 Å². The molecule has 30 heavy (non-hydrogen) atoms. The molecule has 3 rings (SSSR count). The lowest BCUT2D eigenvalue weighted by Crippen LogP contribution is -2.52. The molecule has 0 amide bonds. The van der Waals surface area contributed by atoms with E-state index >= 15 is 0 Å². The molecular formula is C23H26FN5O. The van der Waals surface area contributed by atoms with Gasteiger partial charge in [-0.05, 0) is 61.1 Å². The highest BCUT2D eigenvalue weighted by molar-refractivity contribution is 5.33. The molecule has 2 aromatic carbocycles. The Morgan fingerprint density at radius 3 is 2.70 bits per heavy atom. The summed E-state index contributed by atoms with van der Waals surface area (Å²) in [6.45, 7) is 0.622. The standard InChI is InChI=1S/C23H26FN5O/c1-29-16-27-15-22(29)23(26,28-11-9-18-4-2-6-20(30)12-18)10-3-5-17-7-8-19(14-25)21(24)13-17/h2,4,6-8,12-13,15-16,28,30H,3,5,9-11,26H2,1H3. The summed E-state index contributed by atoms with van der Waals surface area (Å²) in [7, 11) is 1.90. The van der Waals surface area contributed by atoms with Gasteiger partial charge in [-0.25, -0.2) is 9.37 Å². The molecule has 1 aromatic heterocycles. The van der Waals surface area contributed by atoms with Gasteiger partial charge in [-0.3, -0.25) is 5.32 Å². The molecule has 1 unspecified atom stereocenters. The van der Waals surface area contributed by atoms with E-state index in [9.17, 15) is 9.50 Å². The van der Waals surface area contributed by atoms with Crippen molar-refractivity contribution in [2.75, 3.05) is 6.54 Å². The van der Waals surface area contributed by atoms with Crippen molar-refractivity contribution in [1.29, 1.82) is 5.26 Å². The number of nitrogens with zero attached hydrogens (tertiary/aromatic N) is 3. The average Bonchev–Trinajstić information content (AvgIpc) is 3.15. The Labute approximate surface area is 175 Å². The molecular weight excluding hydrogens is 381 g/mol. The van der Waals surface area contributed by atoms with Crippen molar-refractivity contribution >= 4 is 0 Å². The van der Waals surface area contributed by atoms with Gasteiger partial charge in [0.15, 0.2) is 0 Å². The summed E-state index contributed by atoms with van der Waals surface area (Å²) in [5.41, 5.74) is 8.73. The van der Waals surface area contributed by atoms with E-state index in [0.717, 1.165) is 23.2 Å². The molecule has 1 atom stereocenters. The second-order valence-corrected chi connectivity index (χ2v) is 7.49. The second kappa shape index (κ2) is 9.53. The van der Waals surface area contributed by atoms with Crippen molar-refractivity contribution in [3.8, 4) is 11.8 Å². The molecule has 0 fully saturated rings. The SMILES string of the molecule is Cn1cncc1C(N)(CCCc1ccc(C#N)c(F)c1)NCCc1cccc(O)c1. The van der Waals surface area contributed by atoms with Gasteiger partial charge in [0, 0.05) is 13.6 Å². The van der Waals surface area contributed by atoms with Crippen molar-refractivity contribution in [3.05, 3.63) is 83.2 Å². The van der Waals surface area contributed by atoms with Crippen molar-refractivity contribution in [1.82, 2.24) is 14.9 Å². The van der Waals surface area contributed by atoms with Gasteiger partial charge in [0.25, 0.3) is 0 Å². The third kappa shape index (κ3) is 5.23. The van der Waals surface area contributed by atoms with Crippen LogP contribution in [0.2, 0.25) is 0 Å². The number of nitrogens with one attached hydrogen (secondary N) is 1. The minimum absolute atomic E-state index is 0.0513. The summed E-state index contributed by atoms with van der Waals surface area (Å²) in [6, 6.07) is 13.7. The summed E-state index contributed by atoms with van der Waals surface area (Å²) in [5.74, 6) is -0.252. The normalized spacial score (nSPS) is 13.0. The number of benzene rings is 2. The number of phenols is 1. The fourth-order valence-electron chi connectivity index (χ4n) is 3.61. The molecule has 0 radical (unpaired) electrons. The molecule has 3 aromatic rings. The molecule has 7 heteroatoms. The molecule has 0 saturated heterocycles. The molecule has 156 valence electrons. The fourth-order valence-corrected chi connectivity index (χ4v) is 3.61. The zero-order valence-electron chi connectivity index (χ0n) is 17.0. The average molecular weight is 407 g/mol. The van der Waals surface area contributed by atoms with Crippen LogP contribution in [0.1, 0.15) is 35.2 Å². The molecule has 0 aliphatic heterocycles. The smallest absolute Gasteiger partial charge is 0.141 e. The molecule has 4 N–H and O–H groups in total. The van der Waals surface area contributed by atoms with Gasteiger partial charge in [0.2, 0.25) is 0 Å². The highest BCUT2D eigenvalue weighted by atomic mass is 19.1. The van der Waals surface area contributed by atoms with E-state index < -0.39 is 11.5 Å². The first-order valence-electron chi connectivity index (χ1n) is 9.88. The number of aryl methyl sites for hydroxylation is 2. The van der Waals surface area contributed by atoms with Crippen LogP contribution in [0, 0.1) is 17.1 Å². The maximum Gasteiger partial charge on any atom is 0.141 e. The quantitative estimate of drug-likeness (QED) is 0.473. The van der Waals surface area contributed by atoms with Gasteiger partial charge in [-0.15, -0.1) is 0 Å². The number of aromatic nitrogens is 2. The van der Waals surface area contributed by atoms with Crippen molar-refractivity contribution < 1.29 is 9.50 Å². The topological polar surface area (TPSA) is 99.9 Å². The van der Waals surface area contributed by atoms with Crippen LogP contribution in [0.4, 0.5) is 4.39 Å². The zero-order chi connectivity index (χ0) is 21.6. The first kappa shape index (κ1) is 21.5. The maximum absolute atomic E-state index is 13.9. The van der Waals surface area contributed by atoms with E-state index in [-0.39, 0.29) is 11.3 Å². The highest BCUT2D eigenvalue weighted by Crippen LogP contribution is 2.22. The molecule has 0 spiro atoms. The molecule has 0 aliphatic carbocycles. The molecule has 0 aliphatic rings. The number of phenolic OH excluding ortho intramolecular Hbond substituents is 1. The van der Waals surface area contributed by atoms with E-state index in [1.165, 1.54) is 12.1 Å². The lowest BCUT2D eigenvalue weighted by molar-refractivity contribution is 0.297. The molecule has 0 saturated carbocycles. The van der Waals surface area contributed by atoms with E-state index in [0.29, 0.717) is 25.8 Å². The van der Waals surface area contributed by atoms with Crippen LogP contribution in [-0.4, -0.2) is 21.2 Å². The van der Waals surface area contributed by atoms with Crippen LogP contribution in [0.3, 0.4) is 0 Å². The first-order chi connectivity index (χ1) is 14.4. The van der Waals surface area contributed by atoms with E-state index in [4.69, 9.17) is 11.0 Å². The Morgan fingerprint density at radius 1 is 1.23 bits per heavy atom. The van der Waals surface area contributed by atoms with Crippen LogP contribution >= 0.6 is 0 Å². The largest absolute Gasteiger partial charge is 0.508 e. The van der Waals surface area contributed by atoms with Gasteiger partial charge in [0.1, 0.15) is 23.3 Å². The third-order valence-electron chi connectivity index (χ3n) is 5.23. The number of aromatic hydroxyl groups is 1. The van der Waals surface area contributed by atoms with Crippen molar-refractivity contribution in [3.63, 3.8) is 0 Å². The number of nitriles is 1. The van der Waals surface area contributed by atoms with E-state index in [1.54, 1.807) is 30.7 Å². The number of nitrogens with two attached hydrogens (primary N) is 1. The Kier molecular flexibility index (Phi) is 6.83. The predicted octanol–water partition coefficient (Wildman–Crippen LogP) is 3.10. The molecule has 1 heterocycles. The number of imidazole rings is 1. The maximum atomic E-state index is 13.9. The molecule has 0 bridgehead atoms. The molecule has 6 nitrogen and oxygen atoms in total. The third-order valence-corrected chi connectivity index (χ3v) is 5.23. The van der Waals surface area contributed by atoms with Crippen LogP contribution in [-0.2, 0) is 25.6 Å². The lowest BCUT2D eigenvalue weighted by Gasteiger charge is -2.31. The zero-order valence-corrected chi connectivity index (χ0v) is 17.0. The summed E-state index contributed by atoms with van der Waals surface area (Å²) in [4.78, 5) is 4.19. The monoisotopic (exact) mass is 407 g/mol. The summed E-state index contributed by atoms with van der Waals surface area (Å²) >= 11 is 0. The van der Waals surface area contributed by atoms with Crippen LogP contribution in [0.15, 0.2) is 55.0 Å². The minimum atomic E-state index is -0.798. The van der Waals surface area contributed by atoms with Gasteiger partial charge >= 0.3 is 0 Å². The number of hydrogen-bond acceptors (Lipinski definition) is 5. The minimum Gasteiger partial charge on any atom is -0.508 e. The Bertz CT molecular complexity index is 1040. The number of rotatable bonds is 9. The Morgan fingerprint density at radius 2 is 2.03 bits per heavy atom. The predicted molar refractivity (Wildman–Crippen MR) is 113 cm³/mol. The van der Waals surface area contributed by atoms with Crippen LogP contribution in [0.5, 0.6) is 5.75 Å². The Hall–Kier alpha value is -3.21. The number of hydrogen-bond donors (Lipinski definition) is 3.